The average molecular weight is 305 g/mol. The first-order valence-electron chi connectivity index (χ1n) is 6.19. The minimum atomic E-state index is -3.59. The van der Waals surface area contributed by atoms with Crippen molar-refractivity contribution in [3.63, 3.8) is 0 Å². The van der Waals surface area contributed by atoms with Crippen LogP contribution in [0.25, 0.3) is 5.57 Å². The molecule has 1 aromatic rings. The van der Waals surface area contributed by atoms with E-state index in [0.717, 1.165) is 30.8 Å². The number of aromatic nitrogens is 1. The lowest BCUT2D eigenvalue weighted by Crippen LogP contribution is -2.34. The molecule has 0 bridgehead atoms. The largest absolute Gasteiger partial charge is 0.393 e. The Kier molecular flexibility index (Phi) is 4.70. The third-order valence-corrected chi connectivity index (χ3v) is 3.47. The van der Waals surface area contributed by atoms with Gasteiger partial charge in [0.25, 0.3) is 0 Å². The molecule has 1 atom stereocenters. The zero-order valence-electron chi connectivity index (χ0n) is 10.6. The van der Waals surface area contributed by atoms with Crippen LogP contribution in [0.2, 0.25) is 5.02 Å². The van der Waals surface area contributed by atoms with E-state index in [1.165, 1.54) is 0 Å². The van der Waals surface area contributed by atoms with Crippen molar-refractivity contribution >= 4 is 17.2 Å². The van der Waals surface area contributed by atoms with Crippen molar-refractivity contribution in [2.24, 2.45) is 0 Å². The Morgan fingerprint density at radius 2 is 2.25 bits per heavy atom. The zero-order chi connectivity index (χ0) is 14.8. The van der Waals surface area contributed by atoms with Crippen molar-refractivity contribution in [1.82, 2.24) is 10.3 Å². The smallest absolute Gasteiger partial charge is 0.302 e. The van der Waals surface area contributed by atoms with E-state index in [9.17, 15) is 8.78 Å². The Morgan fingerprint density at radius 1 is 1.50 bits per heavy atom. The Balaban J connectivity index is 2.32. The summed E-state index contributed by atoms with van der Waals surface area (Å²) in [6.45, 7) is 0.433. The summed E-state index contributed by atoms with van der Waals surface area (Å²) < 4.78 is 27.5. The average Bonchev–Trinajstić information content (AvgIpc) is 2.47. The molecular formula is C13H15ClF2N2O2. The van der Waals surface area contributed by atoms with Gasteiger partial charge in [-0.3, -0.25) is 4.98 Å². The number of rotatable bonds is 4. The second-order valence-electron chi connectivity index (χ2n) is 4.56. The molecule has 2 heterocycles. The van der Waals surface area contributed by atoms with Crippen LogP contribution in [-0.4, -0.2) is 41.0 Å². The van der Waals surface area contributed by atoms with Crippen LogP contribution >= 0.6 is 11.6 Å². The number of pyridine rings is 1. The van der Waals surface area contributed by atoms with Crippen LogP contribution in [0.5, 0.6) is 0 Å². The molecule has 0 spiro atoms. The molecule has 1 aliphatic rings. The van der Waals surface area contributed by atoms with E-state index in [2.05, 4.69) is 10.3 Å². The Bertz CT molecular complexity index is 523. The third-order valence-electron chi connectivity index (χ3n) is 3.19. The molecule has 7 heteroatoms. The van der Waals surface area contributed by atoms with Gasteiger partial charge in [0.15, 0.2) is 0 Å². The first kappa shape index (κ1) is 15.3. The van der Waals surface area contributed by atoms with Crippen LogP contribution < -0.4 is 5.32 Å². The van der Waals surface area contributed by atoms with Gasteiger partial charge in [0.05, 0.1) is 17.3 Å². The first-order valence-corrected chi connectivity index (χ1v) is 6.57. The standard InChI is InChI=1S/C13H15ClF2N2O2/c14-10-5-9(13(15,16)11(20)7-19)6-18-12(10)8-1-3-17-4-2-8/h1,5-6,11,17,19-20H,2-4,7H2/t11-/m0/s1. The zero-order valence-corrected chi connectivity index (χ0v) is 11.4. The summed E-state index contributed by atoms with van der Waals surface area (Å²) in [6, 6.07) is 1.09. The van der Waals surface area contributed by atoms with E-state index in [0.29, 0.717) is 12.2 Å². The lowest BCUT2D eigenvalue weighted by Gasteiger charge is -2.22. The van der Waals surface area contributed by atoms with Gasteiger partial charge >= 0.3 is 5.92 Å². The van der Waals surface area contributed by atoms with Gasteiger partial charge in [0.1, 0.15) is 6.10 Å². The van der Waals surface area contributed by atoms with Gasteiger partial charge in [-0.2, -0.15) is 8.78 Å². The van der Waals surface area contributed by atoms with Gasteiger partial charge in [-0.1, -0.05) is 17.7 Å². The summed E-state index contributed by atoms with van der Waals surface area (Å²) in [6.07, 6.45) is 1.45. The SMILES string of the molecule is OC[C@H](O)C(F)(F)c1cnc(C2=CCNCC2)c(Cl)c1. The third kappa shape index (κ3) is 2.98. The lowest BCUT2D eigenvalue weighted by atomic mass is 10.0. The van der Waals surface area contributed by atoms with Crippen LogP contribution in [0.4, 0.5) is 8.78 Å². The van der Waals surface area contributed by atoms with Crippen molar-refractivity contribution in [2.75, 3.05) is 19.7 Å². The number of hydrogen-bond acceptors (Lipinski definition) is 4. The Hall–Kier alpha value is -1.08. The minimum Gasteiger partial charge on any atom is -0.393 e. The maximum absolute atomic E-state index is 13.8. The van der Waals surface area contributed by atoms with E-state index in [-0.39, 0.29) is 5.02 Å². The minimum absolute atomic E-state index is 0.112. The van der Waals surface area contributed by atoms with Crippen LogP contribution in [0.3, 0.4) is 0 Å². The fraction of sp³-hybridized carbons (Fsp3) is 0.462. The summed E-state index contributed by atoms with van der Waals surface area (Å²) in [5.74, 6) is -3.59. The van der Waals surface area contributed by atoms with E-state index in [4.69, 9.17) is 21.8 Å². The molecule has 110 valence electrons. The van der Waals surface area contributed by atoms with E-state index in [1.807, 2.05) is 6.08 Å². The number of aliphatic hydroxyl groups is 2. The van der Waals surface area contributed by atoms with Gasteiger partial charge in [-0.05, 0) is 24.6 Å². The summed E-state index contributed by atoms with van der Waals surface area (Å²) in [5, 5.41) is 21.1. The molecule has 1 aliphatic heterocycles. The number of aliphatic hydroxyl groups excluding tert-OH is 2. The van der Waals surface area contributed by atoms with E-state index >= 15 is 0 Å². The maximum atomic E-state index is 13.8. The molecule has 0 amide bonds. The fourth-order valence-corrected chi connectivity index (χ4v) is 2.29. The molecule has 0 aromatic carbocycles. The van der Waals surface area contributed by atoms with Crippen molar-refractivity contribution in [1.29, 1.82) is 0 Å². The van der Waals surface area contributed by atoms with Crippen molar-refractivity contribution in [3.05, 3.63) is 34.6 Å². The summed E-state index contributed by atoms with van der Waals surface area (Å²) >= 11 is 6.02. The van der Waals surface area contributed by atoms with Crippen LogP contribution in [0.1, 0.15) is 17.7 Å². The molecule has 0 saturated carbocycles. The normalized spacial score (nSPS) is 17.8. The quantitative estimate of drug-likeness (QED) is 0.790. The van der Waals surface area contributed by atoms with Crippen molar-refractivity contribution < 1.29 is 19.0 Å². The first-order chi connectivity index (χ1) is 9.46. The van der Waals surface area contributed by atoms with E-state index < -0.39 is 24.2 Å². The van der Waals surface area contributed by atoms with Gasteiger partial charge in [-0.15, -0.1) is 0 Å². The van der Waals surface area contributed by atoms with Crippen LogP contribution in [0, 0.1) is 0 Å². The van der Waals surface area contributed by atoms with Gasteiger partial charge < -0.3 is 15.5 Å². The van der Waals surface area contributed by atoms with Gasteiger partial charge in [0, 0.05) is 18.3 Å². The monoisotopic (exact) mass is 304 g/mol. The number of hydrogen-bond donors (Lipinski definition) is 3. The van der Waals surface area contributed by atoms with E-state index in [1.54, 1.807) is 0 Å². The summed E-state index contributed by atoms with van der Waals surface area (Å²) in [4.78, 5) is 3.98. The Morgan fingerprint density at radius 3 is 2.80 bits per heavy atom. The molecule has 1 aromatic heterocycles. The molecule has 0 radical (unpaired) electrons. The molecule has 20 heavy (non-hydrogen) atoms. The second kappa shape index (κ2) is 6.13. The van der Waals surface area contributed by atoms with Gasteiger partial charge in [0.2, 0.25) is 0 Å². The maximum Gasteiger partial charge on any atom is 0.302 e. The molecule has 2 rings (SSSR count). The van der Waals surface area contributed by atoms with Crippen molar-refractivity contribution in [2.45, 2.75) is 18.4 Å². The second-order valence-corrected chi connectivity index (χ2v) is 4.97. The van der Waals surface area contributed by atoms with Crippen LogP contribution in [-0.2, 0) is 5.92 Å². The molecule has 0 aliphatic carbocycles. The molecule has 0 saturated heterocycles. The van der Waals surface area contributed by atoms with Crippen molar-refractivity contribution in [3.8, 4) is 0 Å². The number of alkyl halides is 2. The number of nitrogens with zero attached hydrogens (tertiary/aromatic N) is 1. The molecule has 0 fully saturated rings. The molecular weight excluding hydrogens is 290 g/mol. The number of nitrogens with one attached hydrogen (secondary N) is 1. The predicted octanol–water partition coefficient (Wildman–Crippen LogP) is 1.56. The summed E-state index contributed by atoms with van der Waals surface area (Å²) in [5.41, 5.74) is 0.875. The lowest BCUT2D eigenvalue weighted by molar-refractivity contribution is -0.131. The molecule has 4 nitrogen and oxygen atoms in total. The molecule has 3 N–H and O–H groups in total. The van der Waals surface area contributed by atoms with Crippen LogP contribution in [0.15, 0.2) is 18.3 Å². The highest BCUT2D eigenvalue weighted by atomic mass is 35.5. The summed E-state index contributed by atoms with van der Waals surface area (Å²) in [7, 11) is 0. The fourth-order valence-electron chi connectivity index (χ4n) is 2.00. The highest BCUT2D eigenvalue weighted by Gasteiger charge is 2.40. The van der Waals surface area contributed by atoms with Gasteiger partial charge in [-0.25, -0.2) is 0 Å². The predicted molar refractivity (Wildman–Crippen MR) is 71.7 cm³/mol. The topological polar surface area (TPSA) is 65.4 Å². The molecule has 0 unspecified atom stereocenters. The highest BCUT2D eigenvalue weighted by molar-refractivity contribution is 6.32. The Labute approximate surface area is 120 Å². The highest BCUT2D eigenvalue weighted by Crippen LogP contribution is 2.35. The number of halogens is 3.